The number of methoxy groups -OCH3 is 3. The van der Waals surface area contributed by atoms with E-state index in [1.165, 1.54) is 17.8 Å². The predicted octanol–water partition coefficient (Wildman–Crippen LogP) is 22.7. The van der Waals surface area contributed by atoms with Crippen LogP contribution in [0.1, 0.15) is 5.56 Å². The first-order chi connectivity index (χ1) is 71.2. The number of aliphatic hydroxyl groups is 1. The summed E-state index contributed by atoms with van der Waals surface area (Å²) in [6.07, 6.45) is 0. The van der Waals surface area contributed by atoms with Crippen LogP contribution in [0.3, 0.4) is 0 Å². The van der Waals surface area contributed by atoms with Gasteiger partial charge >= 0.3 is 30.2 Å². The average molecular weight is 1930 g/mol. The van der Waals surface area contributed by atoms with Gasteiger partial charge in [-0.15, -0.1) is 0 Å². The SMILES string of the molecule is COc1cc(OC)cc(N2CCN(C(=O)n3c4ccccc4c4ccccc43)CC2)c1.COc1ccccc1N1CCN(C(=O)n2c3ccccc3c3ccccc32)CC1.O=C(N1CCN(c2cc(F)cc(F)c2)CC1)n1c2ccccc2c2ccccc21.O=C(N1CCN(c2cccc(CO)c2)CC1)n1c2ccccc2c2ccccc21.O=C(N1CCN(c2ccccc2)CC1)n1c2ccccc2c2ccccc21. The summed E-state index contributed by atoms with van der Waals surface area (Å²) in [6.45, 7) is 13.8. The molecule has 10 heterocycles. The molecule has 24 nitrogen and oxygen atoms in total. The lowest BCUT2D eigenvalue weighted by Crippen LogP contribution is -2.50. The Kier molecular flexibility index (Phi) is 27.2. The van der Waals surface area contributed by atoms with Crippen LogP contribution < -0.4 is 38.7 Å². The number of hydrogen-bond acceptors (Lipinski definition) is 14. The predicted molar refractivity (Wildman–Crippen MR) is 578 cm³/mol. The van der Waals surface area contributed by atoms with Gasteiger partial charge < -0.3 is 68.3 Å². The molecule has 25 rings (SSSR count). The number of aliphatic hydroxyl groups excluding tert-OH is 1. The molecule has 5 aliphatic heterocycles. The first-order valence-corrected chi connectivity index (χ1v) is 49.4. The van der Waals surface area contributed by atoms with Crippen molar-refractivity contribution in [3.63, 3.8) is 0 Å². The molecule has 15 aromatic carbocycles. The molecule has 1 N–H and O–H groups in total. The van der Waals surface area contributed by atoms with Crippen LogP contribution in [-0.4, -0.2) is 235 Å². The minimum absolute atomic E-state index is 0.0280. The number of ether oxygens (including phenoxy) is 3. The van der Waals surface area contributed by atoms with E-state index in [9.17, 15) is 37.9 Å². The van der Waals surface area contributed by atoms with Crippen LogP contribution in [0.4, 0.5) is 61.2 Å². The Hall–Kier alpha value is -17.1. The van der Waals surface area contributed by atoms with Crippen molar-refractivity contribution in [2.75, 3.05) is 177 Å². The van der Waals surface area contributed by atoms with Gasteiger partial charge in [-0.3, -0.25) is 22.8 Å². The molecule has 5 aliphatic rings. The van der Waals surface area contributed by atoms with E-state index in [0.29, 0.717) is 71.1 Å². The van der Waals surface area contributed by atoms with Crippen LogP contribution in [0, 0.1) is 11.6 Å². The van der Waals surface area contributed by atoms with Gasteiger partial charge in [-0.2, -0.15) is 0 Å². The zero-order valence-corrected chi connectivity index (χ0v) is 81.1. The van der Waals surface area contributed by atoms with Crippen molar-refractivity contribution in [1.29, 1.82) is 0 Å². The fourth-order valence-corrected chi connectivity index (χ4v) is 21.2. The van der Waals surface area contributed by atoms with Crippen molar-refractivity contribution in [3.05, 3.63) is 375 Å². The molecule has 26 heteroatoms. The fraction of sp³-hybridized carbons (Fsp3) is 0.202. The van der Waals surface area contributed by atoms with Crippen molar-refractivity contribution in [3.8, 4) is 17.2 Å². The number of fused-ring (bicyclic) bond motifs is 15. The highest BCUT2D eigenvalue weighted by molar-refractivity contribution is 6.17. The normalized spacial score (nSPS) is 14.6. The number of anilines is 5. The number of aromatic nitrogens is 5. The zero-order valence-electron chi connectivity index (χ0n) is 81.1. The van der Waals surface area contributed by atoms with E-state index in [2.05, 4.69) is 105 Å². The van der Waals surface area contributed by atoms with E-state index in [1.807, 2.05) is 298 Å². The molecule has 0 aliphatic carbocycles. The molecule has 5 saturated heterocycles. The van der Waals surface area contributed by atoms with Gasteiger partial charge in [0.2, 0.25) is 0 Å². The standard InChI is InChI=1S/C25H25N3O3.2C24H23N3O2.C23H19F2N3O.C23H21N3O/c1-30-19-15-18(16-20(17-19)31-2)26-11-13-27(14-12-26)25(29)28-23-9-5-3-7-21(23)22-8-4-6-10-24(22)28;1-29-23-13-7-6-12-22(23)25-14-16-26(17-15-25)24(28)27-20-10-4-2-8-18(20)19-9-3-5-11-21(19)27;28-17-18-6-5-7-19(16-18)25-12-14-26(15-13-25)24(29)27-22-10-3-1-8-20(22)21-9-2-4-11-23(21)27;24-16-13-17(25)15-18(14-16)26-9-11-27(12-10-26)23(29)28-21-7-3-1-5-19(21)20-6-2-4-8-22(20)28;27-23(25-16-14-24(15-17-25)18-8-2-1-3-9-18)26-21-12-6-4-10-19(21)20-11-5-7-13-22(20)26/h3-10,15-17H,11-14H2,1-2H3;2-13H,14-17H2,1H3;1-11,16,28H,12-15,17H2;1-8,13-15H,9-12H2;1-13H,14-17H2. The van der Waals surface area contributed by atoms with Crippen molar-refractivity contribution >= 4 is 168 Å². The third-order valence-electron chi connectivity index (χ3n) is 28.5. The lowest BCUT2D eigenvalue weighted by Gasteiger charge is -2.36. The fourth-order valence-electron chi connectivity index (χ4n) is 21.2. The summed E-state index contributed by atoms with van der Waals surface area (Å²) < 4.78 is 52.6. The Balaban J connectivity index is 0.000000107. The van der Waals surface area contributed by atoms with Crippen molar-refractivity contribution < 1.29 is 52.1 Å². The van der Waals surface area contributed by atoms with E-state index >= 15 is 0 Å². The number of rotatable bonds is 9. The second kappa shape index (κ2) is 42.0. The van der Waals surface area contributed by atoms with Gasteiger partial charge in [-0.1, -0.05) is 224 Å². The molecule has 145 heavy (non-hydrogen) atoms. The smallest absolute Gasteiger partial charge is 0.329 e. The number of nitrogens with zero attached hydrogens (tertiary/aromatic N) is 15. The molecule has 5 aromatic heterocycles. The van der Waals surface area contributed by atoms with Crippen molar-refractivity contribution in [2.24, 2.45) is 0 Å². The Labute approximate surface area is 837 Å². The molecule has 20 aromatic rings. The molecule has 0 saturated carbocycles. The molecule has 5 fully saturated rings. The van der Waals surface area contributed by atoms with Gasteiger partial charge in [-0.05, 0) is 115 Å². The Morgan fingerprint density at radius 3 is 0.738 bits per heavy atom. The Morgan fingerprint density at radius 1 is 0.228 bits per heavy atom. The summed E-state index contributed by atoms with van der Waals surface area (Å²) in [5.41, 5.74) is 15.3. The zero-order chi connectivity index (χ0) is 99.1. The van der Waals surface area contributed by atoms with Gasteiger partial charge in [0.1, 0.15) is 28.9 Å². The maximum atomic E-state index is 13.6. The molecule has 0 atom stereocenters. The molecule has 0 bridgehead atoms. The molecule has 730 valence electrons. The van der Waals surface area contributed by atoms with E-state index in [1.54, 1.807) is 30.8 Å². The number of benzene rings is 15. The quantitative estimate of drug-likeness (QED) is 0.144. The first-order valence-electron chi connectivity index (χ1n) is 49.4. The van der Waals surface area contributed by atoms with Crippen molar-refractivity contribution in [2.45, 2.75) is 6.61 Å². The van der Waals surface area contributed by atoms with E-state index in [0.717, 1.165) is 220 Å². The third kappa shape index (κ3) is 18.9. The second-order valence-electron chi connectivity index (χ2n) is 36.7. The first kappa shape index (κ1) is 94.1. The van der Waals surface area contributed by atoms with Gasteiger partial charge in [0.05, 0.1) is 88.8 Å². The van der Waals surface area contributed by atoms with Gasteiger partial charge in [0.15, 0.2) is 0 Å². The summed E-state index contributed by atoms with van der Waals surface area (Å²) >= 11 is 0. The Morgan fingerprint density at radius 2 is 0.462 bits per heavy atom. The van der Waals surface area contributed by atoms with Crippen LogP contribution in [0.5, 0.6) is 17.2 Å². The van der Waals surface area contributed by atoms with E-state index in [-0.39, 0.29) is 36.8 Å². The van der Waals surface area contributed by atoms with Gasteiger partial charge in [0, 0.05) is 232 Å². The topological polar surface area (TPSA) is 190 Å². The number of carbonyl (C=O) groups excluding carboxylic acids is 5. The highest BCUT2D eigenvalue weighted by Gasteiger charge is 2.33. The minimum Gasteiger partial charge on any atom is -0.497 e. The van der Waals surface area contributed by atoms with Crippen LogP contribution in [-0.2, 0) is 6.61 Å². The Bertz CT molecular complexity index is 7870. The molecule has 0 radical (unpaired) electrons. The summed E-state index contributed by atoms with van der Waals surface area (Å²) in [7, 11) is 5.00. The average Bonchev–Trinajstić information content (AvgIpc) is 1.62. The van der Waals surface area contributed by atoms with Crippen molar-refractivity contribution in [1.82, 2.24) is 47.3 Å². The molecule has 5 amide bonds. The molecule has 0 unspecified atom stereocenters. The molecular weight excluding hydrogens is 1820 g/mol. The van der Waals surface area contributed by atoms with Crippen LogP contribution in [0.15, 0.2) is 358 Å². The monoisotopic (exact) mass is 1930 g/mol. The van der Waals surface area contributed by atoms with Crippen LogP contribution in [0.25, 0.3) is 109 Å². The number of hydrogen-bond donors (Lipinski definition) is 1. The number of amides is 5. The summed E-state index contributed by atoms with van der Waals surface area (Å²) in [5.74, 6) is 1.21. The number of carbonyl (C=O) groups is 5. The lowest BCUT2D eigenvalue weighted by atomic mass is 10.2. The number of para-hydroxylation sites is 13. The number of piperazine rings is 5. The van der Waals surface area contributed by atoms with Crippen LogP contribution >= 0.6 is 0 Å². The largest absolute Gasteiger partial charge is 0.497 e. The summed E-state index contributed by atoms with van der Waals surface area (Å²) in [4.78, 5) is 88.0. The highest BCUT2D eigenvalue weighted by Crippen LogP contribution is 2.39. The molecular formula is C119H111F2N15O9. The summed E-state index contributed by atoms with van der Waals surface area (Å²) in [6, 6.07) is 117. The highest BCUT2D eigenvalue weighted by atomic mass is 19.1. The summed E-state index contributed by atoms with van der Waals surface area (Å²) in [5, 5.41) is 20.4. The number of halogens is 2. The van der Waals surface area contributed by atoms with Gasteiger partial charge in [-0.25, -0.2) is 32.8 Å². The third-order valence-corrected chi connectivity index (χ3v) is 28.5. The molecule has 0 spiro atoms. The maximum Gasteiger partial charge on any atom is 0.329 e. The lowest BCUT2D eigenvalue weighted by molar-refractivity contribution is 0.197. The van der Waals surface area contributed by atoms with Gasteiger partial charge in [0.25, 0.3) is 0 Å². The second-order valence-corrected chi connectivity index (χ2v) is 36.7. The van der Waals surface area contributed by atoms with E-state index < -0.39 is 11.6 Å². The minimum atomic E-state index is -0.594. The van der Waals surface area contributed by atoms with E-state index in [4.69, 9.17) is 14.2 Å². The maximum absolute atomic E-state index is 13.6. The van der Waals surface area contributed by atoms with Crippen LogP contribution in [0.2, 0.25) is 0 Å².